The van der Waals surface area contributed by atoms with Crippen LogP contribution >= 0.6 is 0 Å². The molecule has 1 heterocycles. The summed E-state index contributed by atoms with van der Waals surface area (Å²) in [5.41, 5.74) is 4.02. The lowest BCUT2D eigenvalue weighted by Crippen LogP contribution is -2.53. The first-order chi connectivity index (χ1) is 18.1. The maximum absolute atomic E-state index is 13.1. The number of carboxylic acid groups (broad SMARTS) is 1. The normalized spacial score (nSPS) is 19.4. The zero-order valence-corrected chi connectivity index (χ0v) is 22.9. The highest BCUT2D eigenvalue weighted by Gasteiger charge is 2.31. The van der Waals surface area contributed by atoms with Crippen LogP contribution < -0.4 is 5.43 Å². The van der Waals surface area contributed by atoms with Gasteiger partial charge in [0.25, 0.3) is 0 Å². The molecular formula is C30H49N3O4. The quantitative estimate of drug-likeness (QED) is 0.218. The molecule has 2 N–H and O–H groups in total. The Morgan fingerprint density at radius 1 is 1.05 bits per heavy atom. The van der Waals surface area contributed by atoms with Crippen molar-refractivity contribution in [3.05, 3.63) is 35.9 Å². The average molecular weight is 516 g/mol. The number of hydrogen-bond donors (Lipinski definition) is 2. The number of amides is 3. The molecule has 1 saturated heterocycles. The highest BCUT2D eigenvalue weighted by Crippen LogP contribution is 2.35. The number of carbonyl (C=O) groups is 2. The summed E-state index contributed by atoms with van der Waals surface area (Å²) in [5, 5.41) is 10.8. The van der Waals surface area contributed by atoms with E-state index >= 15 is 0 Å². The van der Waals surface area contributed by atoms with Gasteiger partial charge in [-0.25, -0.2) is 20.0 Å². The first-order valence-corrected chi connectivity index (χ1v) is 14.8. The third-order valence-corrected chi connectivity index (χ3v) is 8.23. The summed E-state index contributed by atoms with van der Waals surface area (Å²) >= 11 is 0. The molecule has 1 aromatic carbocycles. The van der Waals surface area contributed by atoms with Gasteiger partial charge >= 0.3 is 12.1 Å². The van der Waals surface area contributed by atoms with Gasteiger partial charge in [0.05, 0.1) is 0 Å². The average Bonchev–Trinajstić information content (AvgIpc) is 2.93. The van der Waals surface area contributed by atoms with Gasteiger partial charge in [-0.15, -0.1) is 0 Å². The Bertz CT molecular complexity index is 784. The number of rotatable bonds is 13. The van der Waals surface area contributed by atoms with E-state index in [1.165, 1.54) is 44.1 Å². The molecule has 2 aliphatic rings. The van der Waals surface area contributed by atoms with Crippen molar-refractivity contribution >= 4 is 12.1 Å². The molecule has 0 aromatic heterocycles. The van der Waals surface area contributed by atoms with Crippen LogP contribution in [0.25, 0.3) is 0 Å². The van der Waals surface area contributed by atoms with E-state index < -0.39 is 6.09 Å². The molecule has 0 radical (unpaired) electrons. The fourth-order valence-corrected chi connectivity index (χ4v) is 6.17. The summed E-state index contributed by atoms with van der Waals surface area (Å²) < 4.78 is 5.52. The highest BCUT2D eigenvalue weighted by molar-refractivity contribution is 5.77. The minimum atomic E-state index is -1.09. The number of unbranched alkanes of at least 4 members (excludes halogenated alkanes) is 2. The number of nitrogens with one attached hydrogen (secondary N) is 1. The molecule has 2 atom stereocenters. The molecule has 3 rings (SSSR count). The Morgan fingerprint density at radius 3 is 2.57 bits per heavy atom. The van der Waals surface area contributed by atoms with Gasteiger partial charge in [-0.3, -0.25) is 0 Å². The van der Waals surface area contributed by atoms with Crippen molar-refractivity contribution in [3.8, 4) is 0 Å². The molecule has 1 aliphatic heterocycles. The highest BCUT2D eigenvalue weighted by atomic mass is 16.5. The third-order valence-electron chi connectivity index (χ3n) is 8.23. The Morgan fingerprint density at radius 2 is 1.84 bits per heavy atom. The third kappa shape index (κ3) is 10.2. The molecule has 2 fully saturated rings. The van der Waals surface area contributed by atoms with Crippen molar-refractivity contribution in [2.24, 2.45) is 11.8 Å². The van der Waals surface area contributed by atoms with E-state index in [0.717, 1.165) is 69.1 Å². The van der Waals surface area contributed by atoms with E-state index in [0.29, 0.717) is 31.5 Å². The summed E-state index contributed by atoms with van der Waals surface area (Å²) in [4.78, 5) is 26.8. The fraction of sp³-hybridized carbons (Fsp3) is 0.733. The lowest BCUT2D eigenvalue weighted by Gasteiger charge is -2.38. The SMILES string of the molecule is CCOCCCC[C@@H](c1ccccc1)C1CCCN(C(=O)NN(CCCCC2CCCCC2)C(=O)O)C1. The van der Waals surface area contributed by atoms with Crippen LogP contribution in [0.3, 0.4) is 0 Å². The number of hydrazine groups is 1. The summed E-state index contributed by atoms with van der Waals surface area (Å²) in [5.74, 6) is 1.54. The van der Waals surface area contributed by atoms with Gasteiger partial charge in [0, 0.05) is 32.8 Å². The van der Waals surface area contributed by atoms with Crippen LogP contribution in [-0.4, -0.2) is 60.0 Å². The van der Waals surface area contributed by atoms with Gasteiger partial charge in [-0.1, -0.05) is 81.7 Å². The van der Waals surface area contributed by atoms with E-state index in [1.54, 1.807) is 0 Å². The monoisotopic (exact) mass is 515 g/mol. The van der Waals surface area contributed by atoms with E-state index in [-0.39, 0.29) is 6.03 Å². The standard InChI is InChI=1S/C30H49N3O4/c1-2-37-23-12-10-20-28(26-17-7-4-8-18-26)27-19-13-21-32(24-27)29(34)31-33(30(35)36)22-11-9-16-25-14-5-3-6-15-25/h4,7-8,17-18,25,27-28H,2-3,5-6,9-16,19-24H2,1H3,(H,31,34)(H,35,36)/t27?,28-/m0/s1. The molecule has 1 aromatic rings. The summed E-state index contributed by atoms with van der Waals surface area (Å²) in [7, 11) is 0. The van der Waals surface area contributed by atoms with E-state index in [2.05, 4.69) is 29.7 Å². The van der Waals surface area contributed by atoms with Gasteiger partial charge in [-0.2, -0.15) is 0 Å². The number of benzene rings is 1. The molecule has 1 saturated carbocycles. The first-order valence-electron chi connectivity index (χ1n) is 14.8. The number of nitrogens with zero attached hydrogens (tertiary/aromatic N) is 2. The Labute approximate surface area is 223 Å². The van der Waals surface area contributed by atoms with Crippen LogP contribution in [0.4, 0.5) is 9.59 Å². The van der Waals surface area contributed by atoms with Gasteiger partial charge in [0.1, 0.15) is 0 Å². The van der Waals surface area contributed by atoms with Crippen molar-refractivity contribution in [3.63, 3.8) is 0 Å². The molecule has 7 nitrogen and oxygen atoms in total. The summed E-state index contributed by atoms with van der Waals surface area (Å²) in [6.07, 6.45) is 13.7. The van der Waals surface area contributed by atoms with Crippen LogP contribution in [0, 0.1) is 11.8 Å². The maximum atomic E-state index is 13.1. The second kappa shape index (κ2) is 16.5. The van der Waals surface area contributed by atoms with Crippen molar-refractivity contribution in [2.75, 3.05) is 32.8 Å². The largest absolute Gasteiger partial charge is 0.464 e. The van der Waals surface area contributed by atoms with Crippen molar-refractivity contribution in [1.82, 2.24) is 15.3 Å². The molecule has 0 bridgehead atoms. The van der Waals surface area contributed by atoms with E-state index in [9.17, 15) is 14.7 Å². The second-order valence-electron chi connectivity index (χ2n) is 10.9. The number of urea groups is 1. The molecule has 7 heteroatoms. The number of likely N-dealkylation sites (tertiary alicyclic amines) is 1. The van der Waals surface area contributed by atoms with E-state index in [1.807, 2.05) is 17.9 Å². The van der Waals surface area contributed by atoms with Gasteiger partial charge in [-0.05, 0) is 62.3 Å². The molecule has 0 spiro atoms. The van der Waals surface area contributed by atoms with Crippen molar-refractivity contribution < 1.29 is 19.4 Å². The Kier molecular flexibility index (Phi) is 13.1. The second-order valence-corrected chi connectivity index (χ2v) is 10.9. The predicted molar refractivity (Wildman–Crippen MR) is 148 cm³/mol. The van der Waals surface area contributed by atoms with Gasteiger partial charge in [0.15, 0.2) is 0 Å². The lowest BCUT2D eigenvalue weighted by atomic mass is 9.78. The minimum absolute atomic E-state index is 0.289. The van der Waals surface area contributed by atoms with Crippen molar-refractivity contribution in [2.45, 2.75) is 96.3 Å². The topological polar surface area (TPSA) is 82.1 Å². The maximum Gasteiger partial charge on any atom is 0.426 e. The smallest absolute Gasteiger partial charge is 0.426 e. The predicted octanol–water partition coefficient (Wildman–Crippen LogP) is 7.04. The summed E-state index contributed by atoms with van der Waals surface area (Å²) in [6.45, 7) is 5.25. The van der Waals surface area contributed by atoms with Crippen LogP contribution in [0.15, 0.2) is 30.3 Å². The molecule has 1 unspecified atom stereocenters. The Balaban J connectivity index is 1.50. The molecule has 208 valence electrons. The number of piperidine rings is 1. The van der Waals surface area contributed by atoms with Crippen LogP contribution in [0.1, 0.15) is 102 Å². The minimum Gasteiger partial charge on any atom is -0.464 e. The van der Waals surface area contributed by atoms with E-state index in [4.69, 9.17) is 4.74 Å². The number of hydrogen-bond acceptors (Lipinski definition) is 3. The number of ether oxygens (including phenoxy) is 1. The molecule has 37 heavy (non-hydrogen) atoms. The van der Waals surface area contributed by atoms with Crippen molar-refractivity contribution in [1.29, 1.82) is 0 Å². The van der Waals surface area contributed by atoms with Crippen LogP contribution in [-0.2, 0) is 4.74 Å². The zero-order chi connectivity index (χ0) is 26.3. The van der Waals surface area contributed by atoms with Crippen LogP contribution in [0.2, 0.25) is 0 Å². The number of carbonyl (C=O) groups excluding carboxylic acids is 1. The van der Waals surface area contributed by atoms with Gasteiger partial charge in [0.2, 0.25) is 0 Å². The molecular weight excluding hydrogens is 466 g/mol. The fourth-order valence-electron chi connectivity index (χ4n) is 6.17. The van der Waals surface area contributed by atoms with Crippen LogP contribution in [0.5, 0.6) is 0 Å². The zero-order valence-electron chi connectivity index (χ0n) is 22.9. The first kappa shape index (κ1) is 29.3. The Hall–Kier alpha value is -2.28. The molecule has 1 aliphatic carbocycles. The van der Waals surface area contributed by atoms with Gasteiger partial charge < -0.3 is 14.7 Å². The summed E-state index contributed by atoms with van der Waals surface area (Å²) in [6, 6.07) is 10.3. The molecule has 3 amide bonds. The lowest BCUT2D eigenvalue weighted by molar-refractivity contribution is 0.102.